The van der Waals surface area contributed by atoms with Gasteiger partial charge in [0, 0.05) is 18.7 Å². The molecule has 4 rings (SSSR count). The normalized spacial score (nSPS) is 16.6. The Kier molecular flexibility index (Phi) is 8.30. The molecule has 3 aromatic rings. The predicted molar refractivity (Wildman–Crippen MR) is 141 cm³/mol. The lowest BCUT2D eigenvalue weighted by molar-refractivity contribution is -0.137. The topological polar surface area (TPSA) is 72.4 Å². The number of piperidine rings is 1. The van der Waals surface area contributed by atoms with Crippen LogP contribution < -0.4 is 9.64 Å². The van der Waals surface area contributed by atoms with E-state index in [1.807, 2.05) is 13.8 Å². The Bertz CT molecular complexity index is 1380. The molecule has 6 nitrogen and oxygen atoms in total. The van der Waals surface area contributed by atoms with Crippen molar-refractivity contribution in [2.24, 2.45) is 11.8 Å². The van der Waals surface area contributed by atoms with Crippen molar-refractivity contribution in [2.45, 2.75) is 50.6 Å². The van der Waals surface area contributed by atoms with Gasteiger partial charge in [0.15, 0.2) is 5.03 Å². The zero-order valence-electron chi connectivity index (χ0n) is 21.7. The van der Waals surface area contributed by atoms with Gasteiger partial charge in [0.1, 0.15) is 11.6 Å². The number of hydrogen-bond acceptors (Lipinski definition) is 6. The molecule has 0 N–H and O–H groups in total. The molecule has 0 aliphatic carbocycles. The van der Waals surface area contributed by atoms with Gasteiger partial charge in [0.05, 0.1) is 29.3 Å². The van der Waals surface area contributed by atoms with Crippen molar-refractivity contribution < 1.29 is 26.3 Å². The summed E-state index contributed by atoms with van der Waals surface area (Å²) in [7, 11) is -3.98. The van der Waals surface area contributed by atoms with Gasteiger partial charge in [0.25, 0.3) is 0 Å². The number of rotatable bonds is 8. The zero-order chi connectivity index (χ0) is 27.5. The van der Waals surface area contributed by atoms with Gasteiger partial charge in [-0.2, -0.15) is 13.2 Å². The van der Waals surface area contributed by atoms with Crippen molar-refractivity contribution in [2.75, 3.05) is 24.6 Å². The van der Waals surface area contributed by atoms with Crippen LogP contribution in [0, 0.1) is 11.8 Å². The van der Waals surface area contributed by atoms with E-state index in [4.69, 9.17) is 4.74 Å². The van der Waals surface area contributed by atoms with E-state index in [1.165, 1.54) is 12.1 Å². The molecule has 0 radical (unpaired) electrons. The number of halogens is 3. The van der Waals surface area contributed by atoms with E-state index in [-0.39, 0.29) is 33.6 Å². The highest BCUT2D eigenvalue weighted by Crippen LogP contribution is 2.39. The van der Waals surface area contributed by atoms with Crippen molar-refractivity contribution in [3.05, 3.63) is 65.9 Å². The Morgan fingerprint density at radius 2 is 1.82 bits per heavy atom. The number of para-hydroxylation sites is 1. The molecule has 1 atom stereocenters. The van der Waals surface area contributed by atoms with Crippen LogP contribution in [0.1, 0.15) is 44.9 Å². The van der Waals surface area contributed by atoms with E-state index in [2.05, 4.69) is 21.8 Å². The second kappa shape index (κ2) is 11.3. The molecule has 3 heterocycles. The lowest BCUT2D eigenvalue weighted by atomic mass is 10.0. The number of nitrogens with zero attached hydrogens (tertiary/aromatic N) is 3. The molecule has 1 fully saturated rings. The van der Waals surface area contributed by atoms with E-state index in [0.29, 0.717) is 18.3 Å². The third-order valence-electron chi connectivity index (χ3n) is 6.32. The van der Waals surface area contributed by atoms with Crippen LogP contribution in [-0.4, -0.2) is 38.1 Å². The van der Waals surface area contributed by atoms with Crippen molar-refractivity contribution in [1.29, 1.82) is 0 Å². The smallest absolute Gasteiger partial charge is 0.418 e. The van der Waals surface area contributed by atoms with Crippen LogP contribution in [0.4, 0.5) is 19.0 Å². The largest absolute Gasteiger partial charge is 0.493 e. The number of benzene rings is 1. The van der Waals surface area contributed by atoms with Gasteiger partial charge in [-0.3, -0.25) is 4.98 Å². The molecule has 204 valence electrons. The fraction of sp³-hybridized carbons (Fsp3) is 0.429. The molecule has 1 saturated heterocycles. The summed E-state index contributed by atoms with van der Waals surface area (Å²) in [6, 6.07) is 13.2. The number of sulfone groups is 1. The zero-order valence-corrected chi connectivity index (χ0v) is 22.5. The first-order valence-electron chi connectivity index (χ1n) is 12.7. The SMILES string of the molecule is CC(C)COc1ccccc1-c1nc(CS(=O)(=O)c2cccc(N3CCC[C@H](C)C3)n2)ccc1C(F)(F)F. The van der Waals surface area contributed by atoms with Crippen LogP contribution in [-0.2, 0) is 21.8 Å². The molecule has 0 unspecified atom stereocenters. The van der Waals surface area contributed by atoms with Crippen molar-refractivity contribution in [3.63, 3.8) is 0 Å². The van der Waals surface area contributed by atoms with E-state index >= 15 is 0 Å². The molecule has 2 aromatic heterocycles. The summed E-state index contributed by atoms with van der Waals surface area (Å²) in [6.45, 7) is 7.91. The van der Waals surface area contributed by atoms with Crippen molar-refractivity contribution >= 4 is 15.7 Å². The Hall–Kier alpha value is -3.14. The van der Waals surface area contributed by atoms with Crippen LogP contribution in [0.25, 0.3) is 11.3 Å². The van der Waals surface area contributed by atoms with Gasteiger partial charge in [-0.25, -0.2) is 13.4 Å². The molecule has 1 aromatic carbocycles. The maximum atomic E-state index is 13.9. The lowest BCUT2D eigenvalue weighted by Crippen LogP contribution is -2.35. The average Bonchev–Trinajstić information content (AvgIpc) is 2.87. The highest BCUT2D eigenvalue weighted by molar-refractivity contribution is 7.90. The first kappa shape index (κ1) is 27.9. The fourth-order valence-electron chi connectivity index (χ4n) is 4.48. The Labute approximate surface area is 221 Å². The molecule has 1 aliphatic heterocycles. The first-order chi connectivity index (χ1) is 17.9. The molecular formula is C28H32F3N3O3S. The van der Waals surface area contributed by atoms with E-state index < -0.39 is 27.3 Å². The van der Waals surface area contributed by atoms with Crippen LogP contribution in [0.5, 0.6) is 5.75 Å². The van der Waals surface area contributed by atoms with Crippen LogP contribution in [0.2, 0.25) is 0 Å². The third kappa shape index (κ3) is 6.64. The lowest BCUT2D eigenvalue weighted by Gasteiger charge is -2.32. The van der Waals surface area contributed by atoms with Gasteiger partial charge < -0.3 is 9.64 Å². The van der Waals surface area contributed by atoms with Crippen molar-refractivity contribution in [1.82, 2.24) is 9.97 Å². The number of anilines is 1. The highest BCUT2D eigenvalue weighted by atomic mass is 32.2. The summed E-state index contributed by atoms with van der Waals surface area (Å²) in [5.74, 6) is 0.887. The van der Waals surface area contributed by atoms with Crippen LogP contribution in [0.3, 0.4) is 0 Å². The maximum absolute atomic E-state index is 13.9. The van der Waals surface area contributed by atoms with E-state index in [0.717, 1.165) is 38.1 Å². The molecule has 0 saturated carbocycles. The monoisotopic (exact) mass is 547 g/mol. The minimum atomic E-state index is -4.69. The number of alkyl halides is 3. The third-order valence-corrected chi connectivity index (χ3v) is 7.86. The van der Waals surface area contributed by atoms with Gasteiger partial charge >= 0.3 is 6.18 Å². The first-order valence-corrected chi connectivity index (χ1v) is 14.3. The Balaban J connectivity index is 1.69. The maximum Gasteiger partial charge on any atom is 0.418 e. The highest BCUT2D eigenvalue weighted by Gasteiger charge is 2.36. The number of aromatic nitrogens is 2. The summed E-state index contributed by atoms with van der Waals surface area (Å²) >= 11 is 0. The van der Waals surface area contributed by atoms with Crippen LogP contribution >= 0.6 is 0 Å². The molecule has 38 heavy (non-hydrogen) atoms. The Morgan fingerprint density at radius 1 is 1.05 bits per heavy atom. The molecule has 0 spiro atoms. The number of hydrogen-bond donors (Lipinski definition) is 0. The van der Waals surface area contributed by atoms with Gasteiger partial charge in [-0.1, -0.05) is 39.0 Å². The predicted octanol–water partition coefficient (Wildman–Crippen LogP) is 6.41. The second-order valence-electron chi connectivity index (χ2n) is 10.2. The van der Waals surface area contributed by atoms with Crippen molar-refractivity contribution in [3.8, 4) is 17.0 Å². The minimum Gasteiger partial charge on any atom is -0.493 e. The summed E-state index contributed by atoms with van der Waals surface area (Å²) in [5.41, 5.74) is -1.18. The molecule has 10 heteroatoms. The quantitative estimate of drug-likeness (QED) is 0.325. The molecular weight excluding hydrogens is 515 g/mol. The van der Waals surface area contributed by atoms with E-state index in [1.54, 1.807) is 30.3 Å². The Morgan fingerprint density at radius 3 is 2.53 bits per heavy atom. The average molecular weight is 548 g/mol. The second-order valence-corrected chi connectivity index (χ2v) is 12.1. The fourth-order valence-corrected chi connectivity index (χ4v) is 5.69. The standard InChI is InChI=1S/C28H32F3N3O3S/c1-19(2)17-37-24-10-5-4-9-22(24)27-23(28(29,30)31)14-13-21(32-27)18-38(35,36)26-12-6-11-25(33-26)34-15-7-8-20(3)16-34/h4-6,9-14,19-20H,7-8,15-18H2,1-3H3/t20-/m0/s1. The number of ether oxygens (including phenoxy) is 1. The van der Waals surface area contributed by atoms with Gasteiger partial charge in [-0.05, 0) is 61.1 Å². The molecule has 0 bridgehead atoms. The van der Waals surface area contributed by atoms with Gasteiger partial charge in [-0.15, -0.1) is 0 Å². The van der Waals surface area contributed by atoms with E-state index in [9.17, 15) is 21.6 Å². The molecule has 0 amide bonds. The molecule has 1 aliphatic rings. The summed E-state index contributed by atoms with van der Waals surface area (Å²) < 4.78 is 74.2. The van der Waals surface area contributed by atoms with Gasteiger partial charge in [0.2, 0.25) is 9.84 Å². The summed E-state index contributed by atoms with van der Waals surface area (Å²) in [6.07, 6.45) is -2.57. The summed E-state index contributed by atoms with van der Waals surface area (Å²) in [5, 5.41) is -0.128. The minimum absolute atomic E-state index is 0.00883. The van der Waals surface area contributed by atoms with Crippen LogP contribution in [0.15, 0.2) is 59.6 Å². The summed E-state index contributed by atoms with van der Waals surface area (Å²) in [4.78, 5) is 10.7. The number of pyridine rings is 2.